The number of carbonyl (C=O) groups excluding carboxylic acids is 1. The van der Waals surface area contributed by atoms with Crippen molar-refractivity contribution in [3.8, 4) is 0 Å². The van der Waals surface area contributed by atoms with Crippen LogP contribution < -0.4 is 10.2 Å². The van der Waals surface area contributed by atoms with E-state index in [4.69, 9.17) is 5.11 Å². The van der Waals surface area contributed by atoms with Crippen LogP contribution in [0.2, 0.25) is 0 Å². The Bertz CT molecular complexity index is 474. The van der Waals surface area contributed by atoms with Crippen molar-refractivity contribution in [2.24, 2.45) is 5.92 Å². The van der Waals surface area contributed by atoms with Gasteiger partial charge in [-0.05, 0) is 32.4 Å². The molecule has 0 heterocycles. The zero-order chi connectivity index (χ0) is 14.6. The smallest absolute Gasteiger partial charge is 0.321 e. The number of benzene rings is 1. The van der Waals surface area contributed by atoms with Gasteiger partial charge in [-0.3, -0.25) is 9.69 Å². The lowest BCUT2D eigenvalue weighted by Crippen LogP contribution is -2.46. The number of hydrogen-bond acceptors (Lipinski definition) is 2. The van der Waals surface area contributed by atoms with E-state index in [9.17, 15) is 9.59 Å². The highest BCUT2D eigenvalue weighted by Gasteiger charge is 2.22. The van der Waals surface area contributed by atoms with E-state index < -0.39 is 17.9 Å². The molecule has 2 amide bonds. The molecule has 104 valence electrons. The molecule has 0 spiro atoms. The molecule has 2 N–H and O–H groups in total. The predicted molar refractivity (Wildman–Crippen MR) is 74.4 cm³/mol. The first-order chi connectivity index (χ1) is 8.84. The van der Waals surface area contributed by atoms with E-state index in [0.717, 1.165) is 11.3 Å². The van der Waals surface area contributed by atoms with Crippen molar-refractivity contribution in [2.75, 3.05) is 11.9 Å². The molecule has 0 fully saturated rings. The fourth-order valence-electron chi connectivity index (χ4n) is 1.68. The number of para-hydroxylation sites is 1. The zero-order valence-electron chi connectivity index (χ0n) is 11.7. The third kappa shape index (κ3) is 3.71. The number of carbonyl (C=O) groups is 2. The first-order valence-electron chi connectivity index (χ1n) is 6.17. The molecule has 0 aliphatic heterocycles. The molecule has 2 unspecified atom stereocenters. The van der Waals surface area contributed by atoms with Gasteiger partial charge in [-0.2, -0.15) is 0 Å². The van der Waals surface area contributed by atoms with Gasteiger partial charge in [0.25, 0.3) is 0 Å². The summed E-state index contributed by atoms with van der Waals surface area (Å²) < 4.78 is 0. The summed E-state index contributed by atoms with van der Waals surface area (Å²) in [4.78, 5) is 24.4. The number of nitrogens with zero attached hydrogens (tertiary/aromatic N) is 1. The zero-order valence-corrected chi connectivity index (χ0v) is 11.7. The molecule has 1 aromatic carbocycles. The summed E-state index contributed by atoms with van der Waals surface area (Å²) in [6, 6.07) is 6.78. The summed E-state index contributed by atoms with van der Waals surface area (Å²) in [5.74, 6) is -1.56. The fraction of sp³-hybridized carbons (Fsp3) is 0.429. The van der Waals surface area contributed by atoms with Crippen LogP contribution in [-0.4, -0.2) is 30.2 Å². The van der Waals surface area contributed by atoms with Gasteiger partial charge >= 0.3 is 12.0 Å². The number of nitrogens with one attached hydrogen (secondary N) is 1. The lowest BCUT2D eigenvalue weighted by atomic mass is 10.0. The number of aliphatic carboxylic acids is 1. The van der Waals surface area contributed by atoms with Gasteiger partial charge in [0, 0.05) is 18.8 Å². The summed E-state index contributed by atoms with van der Waals surface area (Å²) in [6.45, 7) is 5.17. The van der Waals surface area contributed by atoms with Gasteiger partial charge < -0.3 is 10.4 Å². The largest absolute Gasteiger partial charge is 0.481 e. The summed E-state index contributed by atoms with van der Waals surface area (Å²) in [5.41, 5.74) is 1.79. The van der Waals surface area contributed by atoms with E-state index in [1.807, 2.05) is 31.2 Å². The Morgan fingerprint density at radius 2 is 1.84 bits per heavy atom. The van der Waals surface area contributed by atoms with Gasteiger partial charge in [0.05, 0.1) is 5.92 Å². The lowest BCUT2D eigenvalue weighted by molar-refractivity contribution is -0.141. The van der Waals surface area contributed by atoms with Crippen LogP contribution in [0.25, 0.3) is 0 Å². The van der Waals surface area contributed by atoms with Crippen LogP contribution in [0.15, 0.2) is 24.3 Å². The number of aryl methyl sites for hydroxylation is 1. The number of urea groups is 1. The summed E-state index contributed by atoms with van der Waals surface area (Å²) in [6.07, 6.45) is 0. The maximum Gasteiger partial charge on any atom is 0.321 e. The van der Waals surface area contributed by atoms with E-state index in [1.165, 1.54) is 4.90 Å². The Labute approximate surface area is 113 Å². The lowest BCUT2D eigenvalue weighted by Gasteiger charge is -2.24. The molecule has 0 aliphatic rings. The highest BCUT2D eigenvalue weighted by molar-refractivity contribution is 5.92. The van der Waals surface area contributed by atoms with Crippen LogP contribution in [0.4, 0.5) is 10.5 Å². The van der Waals surface area contributed by atoms with Crippen LogP contribution in [0.5, 0.6) is 0 Å². The molecule has 1 aromatic rings. The van der Waals surface area contributed by atoms with E-state index in [-0.39, 0.29) is 6.03 Å². The second-order valence-corrected chi connectivity index (χ2v) is 4.71. The number of anilines is 1. The first-order valence-corrected chi connectivity index (χ1v) is 6.17. The van der Waals surface area contributed by atoms with Crippen LogP contribution in [0.1, 0.15) is 19.4 Å². The normalized spacial score (nSPS) is 13.5. The Kier molecular flexibility index (Phi) is 4.92. The van der Waals surface area contributed by atoms with E-state index in [2.05, 4.69) is 5.32 Å². The van der Waals surface area contributed by atoms with E-state index in [0.29, 0.717) is 0 Å². The van der Waals surface area contributed by atoms with Crippen molar-refractivity contribution in [1.29, 1.82) is 0 Å². The monoisotopic (exact) mass is 264 g/mol. The SMILES string of the molecule is Cc1ccccc1N(C)C(=O)NC(C)C(C)C(=O)O. The van der Waals surface area contributed by atoms with Crippen LogP contribution >= 0.6 is 0 Å². The Morgan fingerprint density at radius 3 is 2.37 bits per heavy atom. The molecule has 0 saturated heterocycles. The van der Waals surface area contributed by atoms with Crippen molar-refractivity contribution >= 4 is 17.7 Å². The van der Waals surface area contributed by atoms with Crippen molar-refractivity contribution in [2.45, 2.75) is 26.8 Å². The molecule has 0 bridgehead atoms. The standard InChI is InChI=1S/C14H20N2O3/c1-9-7-5-6-8-12(9)16(4)14(19)15-11(3)10(2)13(17)18/h5-8,10-11H,1-4H3,(H,15,19)(H,17,18). The Hall–Kier alpha value is -2.04. The quantitative estimate of drug-likeness (QED) is 0.876. The molecular weight excluding hydrogens is 244 g/mol. The molecule has 0 aliphatic carbocycles. The molecule has 0 aromatic heterocycles. The molecule has 5 nitrogen and oxygen atoms in total. The molecule has 1 rings (SSSR count). The van der Waals surface area contributed by atoms with Gasteiger partial charge in [-0.1, -0.05) is 18.2 Å². The molecule has 5 heteroatoms. The average molecular weight is 264 g/mol. The van der Waals surface area contributed by atoms with Gasteiger partial charge in [0.2, 0.25) is 0 Å². The molecule has 0 saturated carbocycles. The fourth-order valence-corrected chi connectivity index (χ4v) is 1.68. The highest BCUT2D eigenvalue weighted by atomic mass is 16.4. The van der Waals surface area contributed by atoms with E-state index in [1.54, 1.807) is 20.9 Å². The van der Waals surface area contributed by atoms with Gasteiger partial charge in [0.1, 0.15) is 0 Å². The maximum atomic E-state index is 12.1. The van der Waals surface area contributed by atoms with Crippen LogP contribution in [-0.2, 0) is 4.79 Å². The number of hydrogen-bond donors (Lipinski definition) is 2. The second-order valence-electron chi connectivity index (χ2n) is 4.71. The Morgan fingerprint density at radius 1 is 1.26 bits per heavy atom. The third-order valence-electron chi connectivity index (χ3n) is 3.27. The van der Waals surface area contributed by atoms with Gasteiger partial charge in [0.15, 0.2) is 0 Å². The highest BCUT2D eigenvalue weighted by Crippen LogP contribution is 2.18. The second kappa shape index (κ2) is 6.22. The van der Waals surface area contributed by atoms with Crippen molar-refractivity contribution in [3.63, 3.8) is 0 Å². The molecule has 2 atom stereocenters. The van der Waals surface area contributed by atoms with Crippen molar-refractivity contribution < 1.29 is 14.7 Å². The summed E-state index contributed by atoms with van der Waals surface area (Å²) >= 11 is 0. The number of carboxylic acid groups (broad SMARTS) is 1. The maximum absolute atomic E-state index is 12.1. The summed E-state index contributed by atoms with van der Waals surface area (Å²) in [5, 5.41) is 11.6. The minimum atomic E-state index is -0.925. The molecule has 0 radical (unpaired) electrons. The third-order valence-corrected chi connectivity index (χ3v) is 3.27. The van der Waals surface area contributed by atoms with Gasteiger partial charge in [-0.25, -0.2) is 4.79 Å². The number of rotatable bonds is 4. The van der Waals surface area contributed by atoms with Gasteiger partial charge in [-0.15, -0.1) is 0 Å². The topological polar surface area (TPSA) is 69.6 Å². The average Bonchev–Trinajstić information content (AvgIpc) is 2.37. The predicted octanol–water partition coefficient (Wildman–Crippen LogP) is 2.25. The minimum Gasteiger partial charge on any atom is -0.481 e. The van der Waals surface area contributed by atoms with Crippen molar-refractivity contribution in [1.82, 2.24) is 5.32 Å². The first kappa shape index (κ1) is 15.0. The molecule has 19 heavy (non-hydrogen) atoms. The summed E-state index contributed by atoms with van der Waals surface area (Å²) in [7, 11) is 1.66. The number of carboxylic acids is 1. The van der Waals surface area contributed by atoms with Crippen molar-refractivity contribution in [3.05, 3.63) is 29.8 Å². The molecular formula is C14H20N2O3. The van der Waals surface area contributed by atoms with E-state index >= 15 is 0 Å². The number of amides is 2. The van der Waals surface area contributed by atoms with Crippen LogP contribution in [0, 0.1) is 12.8 Å². The Balaban J connectivity index is 2.74. The van der Waals surface area contributed by atoms with Crippen LogP contribution in [0.3, 0.4) is 0 Å². The minimum absolute atomic E-state index is 0.310.